The molecule has 0 saturated heterocycles. The zero-order chi connectivity index (χ0) is 19.5. The van der Waals surface area contributed by atoms with Gasteiger partial charge in [-0.1, -0.05) is 61.2 Å². The third kappa shape index (κ3) is 7.24. The minimum atomic E-state index is -0.902. The van der Waals surface area contributed by atoms with Gasteiger partial charge in [0.05, 0.1) is 6.42 Å². The van der Waals surface area contributed by atoms with Crippen molar-refractivity contribution in [2.24, 2.45) is 0 Å². The van der Waals surface area contributed by atoms with E-state index in [2.05, 4.69) is 6.58 Å². The predicted octanol–water partition coefficient (Wildman–Crippen LogP) is 4.96. The lowest BCUT2D eigenvalue weighted by atomic mass is 10.1. The lowest BCUT2D eigenvalue weighted by molar-refractivity contribution is -0.136. The summed E-state index contributed by atoms with van der Waals surface area (Å²) < 4.78 is 11.7. The minimum absolute atomic E-state index is 0.0956. The first-order chi connectivity index (χ1) is 13.1. The van der Waals surface area contributed by atoms with Gasteiger partial charge in [-0.05, 0) is 35.8 Å². The highest BCUT2D eigenvalue weighted by molar-refractivity contribution is 5.70. The van der Waals surface area contributed by atoms with Gasteiger partial charge in [0.15, 0.2) is 0 Å². The van der Waals surface area contributed by atoms with Crippen molar-refractivity contribution in [1.29, 1.82) is 0 Å². The van der Waals surface area contributed by atoms with Gasteiger partial charge in [0.1, 0.15) is 24.7 Å². The number of benzene rings is 2. The molecule has 0 radical (unpaired) electrons. The molecule has 0 atom stereocenters. The van der Waals surface area contributed by atoms with Crippen LogP contribution in [0.2, 0.25) is 0 Å². The Labute approximate surface area is 160 Å². The molecule has 0 unspecified atom stereocenters. The van der Waals surface area contributed by atoms with Gasteiger partial charge in [0.2, 0.25) is 0 Å². The fraction of sp³-hybridized carbons (Fsp3) is 0.174. The van der Waals surface area contributed by atoms with Crippen LogP contribution < -0.4 is 9.47 Å². The Balaban J connectivity index is 2.14. The van der Waals surface area contributed by atoms with Crippen LogP contribution in [0.5, 0.6) is 11.5 Å². The summed E-state index contributed by atoms with van der Waals surface area (Å²) in [5.74, 6) is 0.233. The minimum Gasteiger partial charge on any atom is -0.489 e. The molecule has 0 spiro atoms. The third-order valence-electron chi connectivity index (χ3n) is 3.71. The van der Waals surface area contributed by atoms with E-state index < -0.39 is 5.97 Å². The molecule has 0 aromatic heterocycles. The van der Waals surface area contributed by atoms with Gasteiger partial charge in [-0.3, -0.25) is 4.79 Å². The first kappa shape index (κ1) is 20.0. The molecule has 0 saturated carbocycles. The fourth-order valence-electron chi connectivity index (χ4n) is 2.38. The molecular formula is C23H24O4. The molecule has 2 rings (SSSR count). The van der Waals surface area contributed by atoms with Crippen molar-refractivity contribution in [2.45, 2.75) is 20.0 Å². The van der Waals surface area contributed by atoms with E-state index in [0.717, 1.165) is 11.1 Å². The van der Waals surface area contributed by atoms with E-state index in [9.17, 15) is 4.79 Å². The van der Waals surface area contributed by atoms with E-state index in [4.69, 9.17) is 14.6 Å². The van der Waals surface area contributed by atoms with Gasteiger partial charge in [-0.2, -0.15) is 0 Å². The van der Waals surface area contributed by atoms with E-state index in [1.54, 1.807) is 24.3 Å². The molecule has 0 aliphatic rings. The summed E-state index contributed by atoms with van der Waals surface area (Å²) in [5, 5.41) is 9.10. The Kier molecular flexibility index (Phi) is 7.92. The van der Waals surface area contributed by atoms with Gasteiger partial charge < -0.3 is 14.6 Å². The van der Waals surface area contributed by atoms with Crippen molar-refractivity contribution >= 4 is 5.97 Å². The molecule has 0 amide bonds. The summed E-state index contributed by atoms with van der Waals surface area (Å²) in [4.78, 5) is 11.1. The second-order valence-corrected chi connectivity index (χ2v) is 5.92. The summed E-state index contributed by atoms with van der Waals surface area (Å²) in [6.45, 7) is 6.45. The van der Waals surface area contributed by atoms with Gasteiger partial charge in [-0.25, -0.2) is 0 Å². The summed E-state index contributed by atoms with van der Waals surface area (Å²) in [6, 6.07) is 15.0. The van der Waals surface area contributed by atoms with Crippen LogP contribution in [0.1, 0.15) is 18.1 Å². The molecule has 4 heteroatoms. The SMILES string of the molecule is C=C/C(=C\C=C/C)COc1cc(CC(=O)O)cc(OCc2ccccc2)c1. The Hall–Kier alpha value is -3.27. The summed E-state index contributed by atoms with van der Waals surface area (Å²) >= 11 is 0. The van der Waals surface area contributed by atoms with Gasteiger partial charge in [-0.15, -0.1) is 0 Å². The molecule has 0 aliphatic heterocycles. The summed E-state index contributed by atoms with van der Waals surface area (Å²) in [6.07, 6.45) is 7.39. The maximum absolute atomic E-state index is 11.1. The molecule has 0 bridgehead atoms. The number of aliphatic carboxylic acids is 1. The number of carboxylic acid groups (broad SMARTS) is 1. The third-order valence-corrected chi connectivity index (χ3v) is 3.71. The van der Waals surface area contributed by atoms with Crippen LogP contribution >= 0.6 is 0 Å². The normalized spacial score (nSPS) is 11.4. The van der Waals surface area contributed by atoms with Crippen LogP contribution in [-0.4, -0.2) is 17.7 Å². The molecule has 2 aromatic rings. The summed E-state index contributed by atoms with van der Waals surface area (Å²) in [7, 11) is 0. The number of ether oxygens (including phenoxy) is 2. The average Bonchev–Trinajstić information content (AvgIpc) is 2.67. The smallest absolute Gasteiger partial charge is 0.307 e. The first-order valence-electron chi connectivity index (χ1n) is 8.70. The van der Waals surface area contributed by atoms with E-state index in [1.165, 1.54) is 0 Å². The lowest BCUT2D eigenvalue weighted by Gasteiger charge is -2.12. The molecule has 2 aromatic carbocycles. The Morgan fingerprint density at radius 1 is 1.07 bits per heavy atom. The highest BCUT2D eigenvalue weighted by Gasteiger charge is 2.08. The van der Waals surface area contributed by atoms with Crippen molar-refractivity contribution in [3.63, 3.8) is 0 Å². The molecule has 27 heavy (non-hydrogen) atoms. The standard InChI is InChI=1S/C23H24O4/c1-3-5-9-18(4-2)16-26-21-12-20(14-23(24)25)13-22(15-21)27-17-19-10-7-6-8-11-19/h3-13,15H,2,14,16-17H2,1H3,(H,24,25)/b5-3-,18-9+. The fourth-order valence-corrected chi connectivity index (χ4v) is 2.38. The van der Waals surface area contributed by atoms with E-state index >= 15 is 0 Å². The highest BCUT2D eigenvalue weighted by Crippen LogP contribution is 2.25. The van der Waals surface area contributed by atoms with Crippen LogP contribution in [-0.2, 0) is 17.8 Å². The number of carboxylic acids is 1. The van der Waals surface area contributed by atoms with Crippen LogP contribution in [0.4, 0.5) is 0 Å². The van der Waals surface area contributed by atoms with Crippen molar-refractivity contribution in [2.75, 3.05) is 6.61 Å². The van der Waals surface area contributed by atoms with Crippen LogP contribution in [0.15, 0.2) is 85.0 Å². The number of hydrogen-bond acceptors (Lipinski definition) is 3. The van der Waals surface area contributed by atoms with E-state index in [-0.39, 0.29) is 6.42 Å². The zero-order valence-corrected chi connectivity index (χ0v) is 15.4. The van der Waals surface area contributed by atoms with Crippen molar-refractivity contribution in [3.8, 4) is 11.5 Å². The predicted molar refractivity (Wildman–Crippen MR) is 107 cm³/mol. The second-order valence-electron chi connectivity index (χ2n) is 5.92. The maximum Gasteiger partial charge on any atom is 0.307 e. The molecule has 0 fully saturated rings. The van der Waals surface area contributed by atoms with Crippen LogP contribution in [0.3, 0.4) is 0 Å². The Morgan fingerprint density at radius 2 is 1.78 bits per heavy atom. The average molecular weight is 364 g/mol. The van der Waals surface area contributed by atoms with Gasteiger partial charge in [0, 0.05) is 6.07 Å². The number of rotatable bonds is 10. The van der Waals surface area contributed by atoms with Crippen LogP contribution in [0, 0.1) is 0 Å². The van der Waals surface area contributed by atoms with Crippen LogP contribution in [0.25, 0.3) is 0 Å². The molecule has 0 aliphatic carbocycles. The maximum atomic E-state index is 11.1. The largest absolute Gasteiger partial charge is 0.489 e. The number of carbonyl (C=O) groups is 1. The molecule has 4 nitrogen and oxygen atoms in total. The molecule has 0 heterocycles. The number of allylic oxidation sites excluding steroid dienone is 3. The number of hydrogen-bond donors (Lipinski definition) is 1. The lowest BCUT2D eigenvalue weighted by Crippen LogP contribution is -2.04. The molecule has 1 N–H and O–H groups in total. The van der Waals surface area contributed by atoms with Gasteiger partial charge in [0.25, 0.3) is 0 Å². The summed E-state index contributed by atoms with van der Waals surface area (Å²) in [5.41, 5.74) is 2.58. The highest BCUT2D eigenvalue weighted by atomic mass is 16.5. The Bertz CT molecular complexity index is 820. The molecular weight excluding hydrogens is 340 g/mol. The quantitative estimate of drug-likeness (QED) is 0.606. The zero-order valence-electron chi connectivity index (χ0n) is 15.4. The van der Waals surface area contributed by atoms with E-state index in [1.807, 2.05) is 55.5 Å². The van der Waals surface area contributed by atoms with E-state index in [0.29, 0.717) is 30.3 Å². The first-order valence-corrected chi connectivity index (χ1v) is 8.70. The van der Waals surface area contributed by atoms with Crippen molar-refractivity contribution in [3.05, 3.63) is 96.1 Å². The van der Waals surface area contributed by atoms with Crippen molar-refractivity contribution in [1.82, 2.24) is 0 Å². The van der Waals surface area contributed by atoms with Crippen molar-refractivity contribution < 1.29 is 19.4 Å². The van der Waals surface area contributed by atoms with Gasteiger partial charge >= 0.3 is 5.97 Å². The molecule has 140 valence electrons. The second kappa shape index (κ2) is 10.7. The Morgan fingerprint density at radius 3 is 2.41 bits per heavy atom. The monoisotopic (exact) mass is 364 g/mol. The topological polar surface area (TPSA) is 55.8 Å².